The molecule has 0 bridgehead atoms. The molecule has 122 valence electrons. The highest BCUT2D eigenvalue weighted by atomic mass is 127. The predicted molar refractivity (Wildman–Crippen MR) is 84.2 cm³/mol. The molecular formula is C15H17F3INO2. The molecule has 1 amide bonds. The summed E-state index contributed by atoms with van der Waals surface area (Å²) in [6.07, 6.45) is -6.05. The average molecular weight is 427 g/mol. The van der Waals surface area contributed by atoms with Crippen LogP contribution in [0.1, 0.15) is 18.4 Å². The Labute approximate surface area is 140 Å². The van der Waals surface area contributed by atoms with Crippen molar-refractivity contribution in [3.63, 3.8) is 0 Å². The molecule has 1 aromatic carbocycles. The average Bonchev–Trinajstić information content (AvgIpc) is 2.45. The van der Waals surface area contributed by atoms with Gasteiger partial charge in [0, 0.05) is 22.6 Å². The number of rotatable bonds is 3. The van der Waals surface area contributed by atoms with Crippen LogP contribution in [0.4, 0.5) is 13.2 Å². The normalized spacial score (nSPS) is 20.8. The number of carbonyl (C=O) groups excluding carboxylic acids is 1. The van der Waals surface area contributed by atoms with Crippen LogP contribution in [0, 0.1) is 9.49 Å². The lowest BCUT2D eigenvalue weighted by atomic mass is 9.92. The highest BCUT2D eigenvalue weighted by Crippen LogP contribution is 2.31. The summed E-state index contributed by atoms with van der Waals surface area (Å²) >= 11 is 2.14. The van der Waals surface area contributed by atoms with Crippen molar-refractivity contribution in [2.24, 2.45) is 5.92 Å². The third-order valence-electron chi connectivity index (χ3n) is 3.84. The summed E-state index contributed by atoms with van der Waals surface area (Å²) < 4.78 is 38.8. The highest BCUT2D eigenvalue weighted by molar-refractivity contribution is 14.1. The van der Waals surface area contributed by atoms with Gasteiger partial charge in [0.25, 0.3) is 0 Å². The molecule has 22 heavy (non-hydrogen) atoms. The summed E-state index contributed by atoms with van der Waals surface area (Å²) in [6, 6.07) is 7.46. The first-order valence-corrected chi connectivity index (χ1v) is 8.12. The van der Waals surface area contributed by atoms with E-state index in [-0.39, 0.29) is 25.3 Å². The monoisotopic (exact) mass is 427 g/mol. The zero-order valence-corrected chi connectivity index (χ0v) is 14.0. The van der Waals surface area contributed by atoms with Crippen molar-refractivity contribution < 1.29 is 23.1 Å². The fourth-order valence-corrected chi connectivity index (χ4v) is 3.30. The Morgan fingerprint density at radius 2 is 2.18 bits per heavy atom. The lowest BCUT2D eigenvalue weighted by Gasteiger charge is -2.35. The number of carbonyl (C=O) groups is 1. The van der Waals surface area contributed by atoms with Gasteiger partial charge in [-0.1, -0.05) is 12.1 Å². The lowest BCUT2D eigenvalue weighted by Crippen LogP contribution is -2.48. The third-order valence-corrected chi connectivity index (χ3v) is 4.51. The standard InChI is InChI=1S/C15H17F3INO2/c16-15(17,18)14(22)11-4-2-6-20(9-11)13(21)8-10-3-1-5-12(19)7-10/h1,3,5,7,11,14,22H,2,4,6,8-9H2. The number of alkyl halides is 3. The van der Waals surface area contributed by atoms with Gasteiger partial charge in [0.05, 0.1) is 6.42 Å². The van der Waals surface area contributed by atoms with Gasteiger partial charge in [-0.3, -0.25) is 4.79 Å². The number of amides is 1. The number of aliphatic hydroxyl groups excluding tert-OH is 1. The maximum atomic E-state index is 12.6. The molecule has 0 saturated carbocycles. The first-order valence-electron chi connectivity index (χ1n) is 7.04. The molecule has 0 aromatic heterocycles. The van der Waals surface area contributed by atoms with E-state index in [1.54, 1.807) is 0 Å². The number of halogens is 4. The smallest absolute Gasteiger partial charge is 0.383 e. The van der Waals surface area contributed by atoms with Crippen LogP contribution in [-0.2, 0) is 11.2 Å². The van der Waals surface area contributed by atoms with Crippen molar-refractivity contribution in [2.45, 2.75) is 31.5 Å². The zero-order valence-electron chi connectivity index (χ0n) is 11.8. The van der Waals surface area contributed by atoms with Crippen LogP contribution in [0.15, 0.2) is 24.3 Å². The molecular weight excluding hydrogens is 410 g/mol. The number of piperidine rings is 1. The van der Waals surface area contributed by atoms with E-state index in [1.807, 2.05) is 24.3 Å². The Bertz CT molecular complexity index is 536. The van der Waals surface area contributed by atoms with Gasteiger partial charge in [0.1, 0.15) is 0 Å². The van der Waals surface area contributed by atoms with Crippen molar-refractivity contribution in [1.29, 1.82) is 0 Å². The topological polar surface area (TPSA) is 40.5 Å². The molecule has 3 nitrogen and oxygen atoms in total. The van der Waals surface area contributed by atoms with Crippen LogP contribution < -0.4 is 0 Å². The zero-order chi connectivity index (χ0) is 16.3. The first-order chi connectivity index (χ1) is 10.3. The number of hydrogen-bond donors (Lipinski definition) is 1. The second-order valence-electron chi connectivity index (χ2n) is 5.54. The molecule has 0 aliphatic carbocycles. The Morgan fingerprint density at radius 1 is 1.45 bits per heavy atom. The van der Waals surface area contributed by atoms with Gasteiger partial charge >= 0.3 is 6.18 Å². The Kier molecular flexibility index (Phi) is 5.70. The lowest BCUT2D eigenvalue weighted by molar-refractivity contribution is -0.223. The van der Waals surface area contributed by atoms with Crippen LogP contribution in [0.25, 0.3) is 0 Å². The van der Waals surface area contributed by atoms with E-state index >= 15 is 0 Å². The molecule has 1 N–H and O–H groups in total. The highest BCUT2D eigenvalue weighted by Gasteiger charge is 2.44. The molecule has 1 aromatic rings. The number of hydrogen-bond acceptors (Lipinski definition) is 2. The van der Waals surface area contributed by atoms with Gasteiger partial charge in [0.2, 0.25) is 5.91 Å². The second kappa shape index (κ2) is 7.16. The van der Waals surface area contributed by atoms with Crippen LogP contribution in [0.5, 0.6) is 0 Å². The quantitative estimate of drug-likeness (QED) is 0.754. The van der Waals surface area contributed by atoms with E-state index < -0.39 is 18.2 Å². The largest absolute Gasteiger partial charge is 0.414 e. The van der Waals surface area contributed by atoms with Gasteiger partial charge < -0.3 is 10.0 Å². The van der Waals surface area contributed by atoms with Crippen LogP contribution >= 0.6 is 22.6 Å². The molecule has 0 radical (unpaired) electrons. The maximum Gasteiger partial charge on any atom is 0.414 e. The molecule has 1 fully saturated rings. The number of benzene rings is 1. The minimum atomic E-state index is -4.63. The molecule has 1 heterocycles. The number of likely N-dealkylation sites (tertiary alicyclic amines) is 1. The molecule has 2 rings (SSSR count). The Morgan fingerprint density at radius 3 is 2.82 bits per heavy atom. The SMILES string of the molecule is O=C(Cc1cccc(I)c1)N1CCCC(C(O)C(F)(F)F)C1. The third kappa shape index (κ3) is 4.58. The van der Waals surface area contributed by atoms with Crippen molar-refractivity contribution in [2.75, 3.05) is 13.1 Å². The van der Waals surface area contributed by atoms with E-state index in [2.05, 4.69) is 22.6 Å². The fourth-order valence-electron chi connectivity index (χ4n) is 2.69. The van der Waals surface area contributed by atoms with Crippen molar-refractivity contribution in [3.8, 4) is 0 Å². The van der Waals surface area contributed by atoms with Gasteiger partial charge in [-0.25, -0.2) is 0 Å². The summed E-state index contributed by atoms with van der Waals surface area (Å²) in [5, 5.41) is 9.37. The molecule has 2 atom stereocenters. The van der Waals surface area contributed by atoms with Crippen LogP contribution in [-0.4, -0.2) is 41.3 Å². The molecule has 1 saturated heterocycles. The van der Waals surface area contributed by atoms with Gasteiger partial charge in [-0.2, -0.15) is 13.2 Å². The number of aliphatic hydroxyl groups is 1. The maximum absolute atomic E-state index is 12.6. The minimum Gasteiger partial charge on any atom is -0.383 e. The van der Waals surface area contributed by atoms with E-state index in [1.165, 1.54) is 4.90 Å². The van der Waals surface area contributed by atoms with Gasteiger partial charge in [-0.05, 0) is 53.1 Å². The molecule has 2 unspecified atom stereocenters. The predicted octanol–water partition coefficient (Wildman–Crippen LogP) is 3.00. The first kappa shape index (κ1) is 17.5. The van der Waals surface area contributed by atoms with Gasteiger partial charge in [-0.15, -0.1) is 0 Å². The van der Waals surface area contributed by atoms with Crippen molar-refractivity contribution >= 4 is 28.5 Å². The van der Waals surface area contributed by atoms with Gasteiger partial charge in [0.15, 0.2) is 6.10 Å². The number of nitrogens with zero attached hydrogens (tertiary/aromatic N) is 1. The van der Waals surface area contributed by atoms with Crippen LogP contribution in [0.3, 0.4) is 0 Å². The molecule has 7 heteroatoms. The summed E-state index contributed by atoms with van der Waals surface area (Å²) in [6.45, 7) is 0.410. The Balaban J connectivity index is 1.98. The van der Waals surface area contributed by atoms with E-state index in [0.717, 1.165) is 9.13 Å². The molecule has 1 aliphatic rings. The van der Waals surface area contributed by atoms with Crippen molar-refractivity contribution in [1.82, 2.24) is 4.90 Å². The summed E-state index contributed by atoms with van der Waals surface area (Å²) in [4.78, 5) is 13.7. The summed E-state index contributed by atoms with van der Waals surface area (Å²) in [7, 11) is 0. The second-order valence-corrected chi connectivity index (χ2v) is 6.78. The molecule has 1 aliphatic heterocycles. The Hall–Kier alpha value is -0.830. The van der Waals surface area contributed by atoms with Crippen molar-refractivity contribution in [3.05, 3.63) is 33.4 Å². The summed E-state index contributed by atoms with van der Waals surface area (Å²) in [5.41, 5.74) is 0.843. The van der Waals surface area contributed by atoms with E-state index in [0.29, 0.717) is 13.0 Å². The fraction of sp³-hybridized carbons (Fsp3) is 0.533. The van der Waals surface area contributed by atoms with E-state index in [9.17, 15) is 23.1 Å². The van der Waals surface area contributed by atoms with Crippen LogP contribution in [0.2, 0.25) is 0 Å². The minimum absolute atomic E-state index is 0.0383. The molecule has 0 spiro atoms. The summed E-state index contributed by atoms with van der Waals surface area (Å²) in [5.74, 6) is -1.13. The van der Waals surface area contributed by atoms with E-state index in [4.69, 9.17) is 0 Å².